The highest BCUT2D eigenvalue weighted by molar-refractivity contribution is 5.72. The first-order valence-corrected chi connectivity index (χ1v) is 5.61. The summed E-state index contributed by atoms with van der Waals surface area (Å²) in [5, 5.41) is 9.19. The van der Waals surface area contributed by atoms with Crippen LogP contribution < -0.4 is 0 Å². The van der Waals surface area contributed by atoms with Crippen LogP contribution in [0.5, 0.6) is 0 Å². The SMILES string of the molecule is COC(=O)C1CCCN(CCC(C)O)C1. The first-order valence-electron chi connectivity index (χ1n) is 5.61. The predicted octanol–water partition coefficient (Wildman–Crippen LogP) is 0.642. The van der Waals surface area contributed by atoms with E-state index in [9.17, 15) is 9.90 Å². The number of ether oxygens (including phenoxy) is 1. The van der Waals surface area contributed by atoms with Crippen LogP contribution in [0.25, 0.3) is 0 Å². The molecule has 1 rings (SSSR count). The smallest absolute Gasteiger partial charge is 0.309 e. The van der Waals surface area contributed by atoms with E-state index in [0.29, 0.717) is 0 Å². The van der Waals surface area contributed by atoms with Crippen molar-refractivity contribution in [2.75, 3.05) is 26.7 Å². The summed E-state index contributed by atoms with van der Waals surface area (Å²) in [5.74, 6) is -0.0745. The Kier molecular flexibility index (Phi) is 5.05. The highest BCUT2D eigenvalue weighted by Gasteiger charge is 2.26. The summed E-state index contributed by atoms with van der Waals surface area (Å²) in [6, 6.07) is 0. The molecular weight excluding hydrogens is 194 g/mol. The van der Waals surface area contributed by atoms with E-state index in [-0.39, 0.29) is 18.0 Å². The van der Waals surface area contributed by atoms with Crippen LogP contribution >= 0.6 is 0 Å². The molecule has 1 fully saturated rings. The molecule has 1 aliphatic rings. The Balaban J connectivity index is 2.32. The van der Waals surface area contributed by atoms with Crippen molar-refractivity contribution in [2.45, 2.75) is 32.3 Å². The highest BCUT2D eigenvalue weighted by atomic mass is 16.5. The summed E-state index contributed by atoms with van der Waals surface area (Å²) >= 11 is 0. The molecule has 0 amide bonds. The number of esters is 1. The van der Waals surface area contributed by atoms with Gasteiger partial charge in [-0.1, -0.05) is 0 Å². The zero-order valence-electron chi connectivity index (χ0n) is 9.61. The van der Waals surface area contributed by atoms with Gasteiger partial charge < -0.3 is 14.7 Å². The Bertz CT molecular complexity index is 206. The molecule has 1 aliphatic heterocycles. The fourth-order valence-electron chi connectivity index (χ4n) is 1.99. The largest absolute Gasteiger partial charge is 0.469 e. The number of hydrogen-bond donors (Lipinski definition) is 1. The van der Waals surface area contributed by atoms with Crippen LogP contribution in [0.3, 0.4) is 0 Å². The maximum absolute atomic E-state index is 11.4. The number of likely N-dealkylation sites (tertiary alicyclic amines) is 1. The van der Waals surface area contributed by atoms with Crippen molar-refractivity contribution in [3.05, 3.63) is 0 Å². The Labute approximate surface area is 91.2 Å². The van der Waals surface area contributed by atoms with Crippen LogP contribution in [-0.2, 0) is 9.53 Å². The van der Waals surface area contributed by atoms with Crippen LogP contribution in [0.15, 0.2) is 0 Å². The number of aliphatic hydroxyl groups excluding tert-OH is 1. The van der Waals surface area contributed by atoms with Crippen LogP contribution in [0.4, 0.5) is 0 Å². The molecule has 0 saturated carbocycles. The Hall–Kier alpha value is -0.610. The molecule has 4 heteroatoms. The van der Waals surface area contributed by atoms with Gasteiger partial charge in [-0.25, -0.2) is 0 Å². The van der Waals surface area contributed by atoms with E-state index in [1.807, 2.05) is 0 Å². The van der Waals surface area contributed by atoms with Gasteiger partial charge in [0.2, 0.25) is 0 Å². The molecule has 1 saturated heterocycles. The van der Waals surface area contributed by atoms with Crippen molar-refractivity contribution in [2.24, 2.45) is 5.92 Å². The van der Waals surface area contributed by atoms with E-state index < -0.39 is 0 Å². The molecule has 0 bridgehead atoms. The number of rotatable bonds is 4. The molecular formula is C11H21NO3. The zero-order chi connectivity index (χ0) is 11.3. The Morgan fingerprint density at radius 1 is 1.67 bits per heavy atom. The Morgan fingerprint density at radius 2 is 2.40 bits per heavy atom. The maximum Gasteiger partial charge on any atom is 0.309 e. The van der Waals surface area contributed by atoms with E-state index in [1.165, 1.54) is 7.11 Å². The lowest BCUT2D eigenvalue weighted by Gasteiger charge is -2.31. The molecule has 4 nitrogen and oxygen atoms in total. The van der Waals surface area contributed by atoms with Crippen LogP contribution in [0.1, 0.15) is 26.2 Å². The second-order valence-electron chi connectivity index (χ2n) is 4.30. The van der Waals surface area contributed by atoms with Crippen molar-refractivity contribution >= 4 is 5.97 Å². The van der Waals surface area contributed by atoms with E-state index in [0.717, 1.165) is 38.9 Å². The molecule has 0 aromatic rings. The van der Waals surface area contributed by atoms with Crippen LogP contribution in [0.2, 0.25) is 0 Å². The quantitative estimate of drug-likeness (QED) is 0.699. The maximum atomic E-state index is 11.4. The minimum atomic E-state index is -0.261. The third-order valence-corrected chi connectivity index (χ3v) is 2.90. The van der Waals surface area contributed by atoms with Gasteiger partial charge >= 0.3 is 5.97 Å². The average molecular weight is 215 g/mol. The number of hydrogen-bond acceptors (Lipinski definition) is 4. The summed E-state index contributed by atoms with van der Waals surface area (Å²) in [6.45, 7) is 4.46. The molecule has 15 heavy (non-hydrogen) atoms. The van der Waals surface area contributed by atoms with Gasteiger partial charge in [0.25, 0.3) is 0 Å². The molecule has 0 spiro atoms. The third-order valence-electron chi connectivity index (χ3n) is 2.90. The monoisotopic (exact) mass is 215 g/mol. The summed E-state index contributed by atoms with van der Waals surface area (Å²) in [4.78, 5) is 13.6. The fraction of sp³-hybridized carbons (Fsp3) is 0.909. The first-order chi connectivity index (χ1) is 7.13. The van der Waals surface area contributed by atoms with Crippen molar-refractivity contribution in [3.63, 3.8) is 0 Å². The second kappa shape index (κ2) is 6.08. The molecule has 2 atom stereocenters. The van der Waals surface area contributed by atoms with Crippen molar-refractivity contribution in [3.8, 4) is 0 Å². The normalized spacial score (nSPS) is 24.9. The topological polar surface area (TPSA) is 49.8 Å². The van der Waals surface area contributed by atoms with Crippen LogP contribution in [-0.4, -0.2) is 48.8 Å². The molecule has 1 N–H and O–H groups in total. The minimum absolute atomic E-state index is 0.0257. The third kappa shape index (κ3) is 4.18. The fourth-order valence-corrected chi connectivity index (χ4v) is 1.99. The van der Waals surface area contributed by atoms with E-state index >= 15 is 0 Å². The second-order valence-corrected chi connectivity index (χ2v) is 4.30. The van der Waals surface area contributed by atoms with Gasteiger partial charge in [-0.15, -0.1) is 0 Å². The van der Waals surface area contributed by atoms with Crippen molar-refractivity contribution in [1.29, 1.82) is 0 Å². The molecule has 88 valence electrons. The average Bonchev–Trinajstić information content (AvgIpc) is 2.25. The van der Waals surface area contributed by atoms with Gasteiger partial charge in [0.1, 0.15) is 0 Å². The molecule has 0 aromatic heterocycles. The van der Waals surface area contributed by atoms with E-state index in [1.54, 1.807) is 6.92 Å². The molecule has 0 aliphatic carbocycles. The number of methoxy groups -OCH3 is 1. The van der Waals surface area contributed by atoms with Gasteiger partial charge in [0, 0.05) is 13.1 Å². The summed E-state index contributed by atoms with van der Waals surface area (Å²) < 4.78 is 4.75. The lowest BCUT2D eigenvalue weighted by atomic mass is 9.98. The van der Waals surface area contributed by atoms with Gasteiger partial charge in [0.15, 0.2) is 0 Å². The molecule has 0 radical (unpaired) electrons. The number of carbonyl (C=O) groups excluding carboxylic acids is 1. The van der Waals surface area contributed by atoms with Gasteiger partial charge in [-0.2, -0.15) is 0 Å². The van der Waals surface area contributed by atoms with E-state index in [2.05, 4.69) is 4.90 Å². The lowest BCUT2D eigenvalue weighted by molar-refractivity contribution is -0.147. The van der Waals surface area contributed by atoms with Gasteiger partial charge in [0.05, 0.1) is 19.1 Å². The minimum Gasteiger partial charge on any atom is -0.469 e. The number of nitrogens with zero attached hydrogens (tertiary/aromatic N) is 1. The zero-order valence-corrected chi connectivity index (χ0v) is 9.61. The summed E-state index contributed by atoms with van der Waals surface area (Å²) in [7, 11) is 1.44. The van der Waals surface area contributed by atoms with Gasteiger partial charge in [-0.05, 0) is 32.7 Å². The number of carbonyl (C=O) groups is 1. The van der Waals surface area contributed by atoms with Crippen molar-refractivity contribution < 1.29 is 14.6 Å². The highest BCUT2D eigenvalue weighted by Crippen LogP contribution is 2.17. The predicted molar refractivity (Wildman–Crippen MR) is 57.5 cm³/mol. The Morgan fingerprint density at radius 3 is 3.00 bits per heavy atom. The van der Waals surface area contributed by atoms with E-state index in [4.69, 9.17) is 4.74 Å². The first kappa shape index (κ1) is 12.5. The number of piperidine rings is 1. The molecule has 2 unspecified atom stereocenters. The summed E-state index contributed by atoms with van der Waals surface area (Å²) in [5.41, 5.74) is 0. The number of aliphatic hydroxyl groups is 1. The molecule has 1 heterocycles. The standard InChI is InChI=1S/C11H21NO3/c1-9(13)5-7-12-6-3-4-10(8-12)11(14)15-2/h9-10,13H,3-8H2,1-2H3. The van der Waals surface area contributed by atoms with Gasteiger partial charge in [-0.3, -0.25) is 4.79 Å². The summed E-state index contributed by atoms with van der Waals surface area (Å²) in [6.07, 6.45) is 2.48. The molecule has 0 aromatic carbocycles. The van der Waals surface area contributed by atoms with Crippen molar-refractivity contribution in [1.82, 2.24) is 4.90 Å². The van der Waals surface area contributed by atoms with Crippen LogP contribution in [0, 0.1) is 5.92 Å². The lowest BCUT2D eigenvalue weighted by Crippen LogP contribution is -2.40.